The van der Waals surface area contributed by atoms with Crippen molar-refractivity contribution >= 4 is 27.8 Å². The average molecular weight is 621 g/mol. The lowest BCUT2D eigenvalue weighted by molar-refractivity contribution is 0.104. The molecule has 1 aliphatic carbocycles. The zero-order valence-electron chi connectivity index (χ0n) is 27.7. The van der Waals surface area contributed by atoms with Gasteiger partial charge in [-0.15, -0.1) is 0 Å². The Morgan fingerprint density at radius 2 is 1.66 bits per heavy atom. The third-order valence-corrected chi connectivity index (χ3v) is 9.75. The average Bonchev–Trinajstić information content (AvgIpc) is 3.59. The van der Waals surface area contributed by atoms with E-state index in [0.29, 0.717) is 11.6 Å². The van der Waals surface area contributed by atoms with Crippen LogP contribution in [0.2, 0.25) is 0 Å². The van der Waals surface area contributed by atoms with Crippen molar-refractivity contribution in [3.05, 3.63) is 114 Å². The van der Waals surface area contributed by atoms with Gasteiger partial charge in [0.1, 0.15) is 23.3 Å². The number of rotatable bonds is 5. The summed E-state index contributed by atoms with van der Waals surface area (Å²) in [4.78, 5) is 14.7. The first-order chi connectivity index (χ1) is 22.6. The summed E-state index contributed by atoms with van der Waals surface area (Å²) in [5, 5.41) is 2.32. The zero-order chi connectivity index (χ0) is 32.3. The number of pyridine rings is 2. The van der Waals surface area contributed by atoms with Crippen LogP contribution in [0.15, 0.2) is 102 Å². The SMILES string of the molecule is Cc1ccc2c(c1)c1cccnc1n2-c1cc(Oc2cc(C3=N[C@]4(C)CCCC[C@@H]4O3)cc(-c3ccccn3)c2)cc(C(C)(C)C)c1. The number of aromatic nitrogens is 3. The summed E-state index contributed by atoms with van der Waals surface area (Å²) < 4.78 is 15.6. The van der Waals surface area contributed by atoms with Crippen LogP contribution in [0.5, 0.6) is 11.5 Å². The van der Waals surface area contributed by atoms with E-state index >= 15 is 0 Å². The minimum atomic E-state index is -0.180. The number of aryl methyl sites for hydroxylation is 1. The number of ether oxygens (including phenoxy) is 2. The number of hydrogen-bond donors (Lipinski definition) is 0. The molecule has 0 spiro atoms. The quantitative estimate of drug-likeness (QED) is 0.192. The van der Waals surface area contributed by atoms with Gasteiger partial charge in [0.15, 0.2) is 0 Å². The molecule has 0 bridgehead atoms. The van der Waals surface area contributed by atoms with E-state index in [4.69, 9.17) is 19.5 Å². The second-order valence-electron chi connectivity index (χ2n) is 14.4. The second-order valence-corrected chi connectivity index (χ2v) is 14.4. The fourth-order valence-electron chi connectivity index (χ4n) is 7.15. The lowest BCUT2D eigenvalue weighted by atomic mass is 9.82. The number of nitrogens with zero attached hydrogens (tertiary/aromatic N) is 4. The lowest BCUT2D eigenvalue weighted by Gasteiger charge is -2.31. The summed E-state index contributed by atoms with van der Waals surface area (Å²) in [7, 11) is 0. The van der Waals surface area contributed by atoms with E-state index in [1.54, 1.807) is 0 Å². The van der Waals surface area contributed by atoms with Crippen LogP contribution in [-0.2, 0) is 10.2 Å². The van der Waals surface area contributed by atoms with Gasteiger partial charge in [-0.25, -0.2) is 9.98 Å². The molecule has 6 heteroatoms. The Bertz CT molecular complexity index is 2180. The van der Waals surface area contributed by atoms with Gasteiger partial charge in [0.25, 0.3) is 0 Å². The molecule has 4 heterocycles. The van der Waals surface area contributed by atoms with Crippen LogP contribution in [0.3, 0.4) is 0 Å². The highest BCUT2D eigenvalue weighted by Crippen LogP contribution is 2.41. The monoisotopic (exact) mass is 620 g/mol. The predicted molar refractivity (Wildman–Crippen MR) is 190 cm³/mol. The number of hydrogen-bond acceptors (Lipinski definition) is 5. The summed E-state index contributed by atoms with van der Waals surface area (Å²) in [6.45, 7) is 11.1. The summed E-state index contributed by atoms with van der Waals surface area (Å²) in [5.41, 5.74) is 7.89. The molecule has 1 aliphatic heterocycles. The zero-order valence-corrected chi connectivity index (χ0v) is 27.7. The van der Waals surface area contributed by atoms with E-state index in [1.165, 1.54) is 29.4 Å². The van der Waals surface area contributed by atoms with E-state index < -0.39 is 0 Å². The van der Waals surface area contributed by atoms with Crippen LogP contribution >= 0.6 is 0 Å². The van der Waals surface area contributed by atoms with Crippen LogP contribution < -0.4 is 4.74 Å². The van der Waals surface area contributed by atoms with Crippen molar-refractivity contribution in [3.8, 4) is 28.4 Å². The molecule has 0 N–H and O–H groups in total. The van der Waals surface area contributed by atoms with Crippen molar-refractivity contribution in [2.45, 2.75) is 77.4 Å². The molecule has 1 saturated carbocycles. The van der Waals surface area contributed by atoms with Crippen LogP contribution in [0, 0.1) is 6.92 Å². The van der Waals surface area contributed by atoms with Crippen molar-refractivity contribution in [1.82, 2.24) is 14.5 Å². The van der Waals surface area contributed by atoms with E-state index in [0.717, 1.165) is 57.6 Å². The molecule has 3 aromatic carbocycles. The first-order valence-electron chi connectivity index (χ1n) is 16.7. The highest BCUT2D eigenvalue weighted by molar-refractivity contribution is 6.08. The molecule has 1 fully saturated rings. The maximum atomic E-state index is 6.83. The number of benzene rings is 3. The summed E-state index contributed by atoms with van der Waals surface area (Å²) in [6, 6.07) is 29.5. The minimum Gasteiger partial charge on any atom is -0.472 e. The van der Waals surface area contributed by atoms with E-state index in [-0.39, 0.29) is 17.1 Å². The van der Waals surface area contributed by atoms with Crippen LogP contribution in [0.1, 0.15) is 70.1 Å². The second kappa shape index (κ2) is 11.1. The number of aliphatic imine (C=N–C) groups is 1. The van der Waals surface area contributed by atoms with Crippen molar-refractivity contribution in [3.63, 3.8) is 0 Å². The standard InChI is InChI=1S/C41H40N4O2/c1-26-14-15-36-34(19-26)33-11-10-18-43-38(33)45(36)30-23-29(40(2,3)4)24-32(25-30)46-31-21-27(35-12-7-9-17-42-35)20-28(22-31)39-44-41(5)16-8-6-13-37(41)47-39/h7,9-12,14-15,17-25,37H,6,8,13,16H2,1-5H3/t37-,41+/m0/s1. The maximum absolute atomic E-state index is 6.83. The van der Waals surface area contributed by atoms with Crippen LogP contribution in [0.4, 0.5) is 0 Å². The van der Waals surface area contributed by atoms with Crippen molar-refractivity contribution in [2.24, 2.45) is 4.99 Å². The first kappa shape index (κ1) is 29.4. The molecule has 2 atom stereocenters. The smallest absolute Gasteiger partial charge is 0.217 e. The Labute approximate surface area is 276 Å². The molecule has 3 aromatic heterocycles. The van der Waals surface area contributed by atoms with E-state index in [2.05, 4.69) is 105 Å². The molecular weight excluding hydrogens is 580 g/mol. The fourth-order valence-corrected chi connectivity index (χ4v) is 7.15. The maximum Gasteiger partial charge on any atom is 0.217 e. The molecule has 47 heavy (non-hydrogen) atoms. The topological polar surface area (TPSA) is 61.5 Å². The van der Waals surface area contributed by atoms with Gasteiger partial charge in [-0.1, -0.05) is 44.9 Å². The predicted octanol–water partition coefficient (Wildman–Crippen LogP) is 10.1. The lowest BCUT2D eigenvalue weighted by Crippen LogP contribution is -2.37. The van der Waals surface area contributed by atoms with E-state index in [9.17, 15) is 0 Å². The molecule has 236 valence electrons. The van der Waals surface area contributed by atoms with Gasteiger partial charge in [0.05, 0.1) is 22.4 Å². The van der Waals surface area contributed by atoms with Crippen molar-refractivity contribution in [2.75, 3.05) is 0 Å². The van der Waals surface area contributed by atoms with Crippen LogP contribution in [0.25, 0.3) is 38.9 Å². The highest BCUT2D eigenvalue weighted by atomic mass is 16.5. The van der Waals surface area contributed by atoms with Gasteiger partial charge in [0.2, 0.25) is 5.90 Å². The Kier molecular flexibility index (Phi) is 6.94. The van der Waals surface area contributed by atoms with Gasteiger partial charge in [-0.2, -0.15) is 0 Å². The summed E-state index contributed by atoms with van der Waals surface area (Å²) in [5.74, 6) is 2.16. The first-order valence-corrected chi connectivity index (χ1v) is 16.7. The Balaban J connectivity index is 1.27. The fraction of sp³-hybridized carbons (Fsp3) is 0.293. The molecule has 8 rings (SSSR count). The Hall–Kier alpha value is -4.97. The number of fused-ring (bicyclic) bond motifs is 4. The molecule has 0 unspecified atom stereocenters. The largest absolute Gasteiger partial charge is 0.472 e. The van der Waals surface area contributed by atoms with Gasteiger partial charge >= 0.3 is 0 Å². The van der Waals surface area contributed by atoms with Gasteiger partial charge in [-0.05, 0) is 111 Å². The molecule has 0 amide bonds. The van der Waals surface area contributed by atoms with E-state index in [1.807, 2.05) is 36.7 Å². The Morgan fingerprint density at radius 1 is 0.830 bits per heavy atom. The van der Waals surface area contributed by atoms with Gasteiger partial charge in [0, 0.05) is 40.4 Å². The van der Waals surface area contributed by atoms with Crippen molar-refractivity contribution < 1.29 is 9.47 Å². The normalized spacial score (nSPS) is 19.4. The molecule has 6 aromatic rings. The minimum absolute atomic E-state index is 0.115. The molecule has 0 saturated heterocycles. The molecule has 6 nitrogen and oxygen atoms in total. The van der Waals surface area contributed by atoms with Crippen LogP contribution in [-0.4, -0.2) is 32.1 Å². The third-order valence-electron chi connectivity index (χ3n) is 9.75. The summed E-state index contributed by atoms with van der Waals surface area (Å²) >= 11 is 0. The molecular formula is C41H40N4O2. The molecule has 2 aliphatic rings. The Morgan fingerprint density at radius 3 is 2.47 bits per heavy atom. The van der Waals surface area contributed by atoms with Crippen molar-refractivity contribution in [1.29, 1.82) is 0 Å². The highest BCUT2D eigenvalue weighted by Gasteiger charge is 2.44. The summed E-state index contributed by atoms with van der Waals surface area (Å²) in [6.07, 6.45) is 8.24. The van der Waals surface area contributed by atoms with Gasteiger partial charge in [-0.3, -0.25) is 9.55 Å². The molecule has 0 radical (unpaired) electrons. The third kappa shape index (κ3) is 5.36. The van der Waals surface area contributed by atoms with Gasteiger partial charge < -0.3 is 9.47 Å².